The van der Waals surface area contributed by atoms with Crippen LogP contribution in [0.1, 0.15) is 25.3 Å². The van der Waals surface area contributed by atoms with E-state index in [1.165, 1.54) is 4.90 Å². The van der Waals surface area contributed by atoms with E-state index in [1.807, 2.05) is 23.1 Å². The van der Waals surface area contributed by atoms with Gasteiger partial charge in [0.05, 0.1) is 39.5 Å². The Bertz CT molecular complexity index is 725. The summed E-state index contributed by atoms with van der Waals surface area (Å²) in [5.74, 6) is 2.02. The molecule has 2 fully saturated rings. The number of rotatable bonds is 6. The molecule has 2 aliphatic heterocycles. The number of carbonyl (C=O) groups excluding carboxylic acids is 2. The molecule has 8 nitrogen and oxygen atoms in total. The molecule has 1 N–H and O–H groups in total. The number of hydrogen-bond acceptors (Lipinski definition) is 5. The van der Waals surface area contributed by atoms with Crippen LogP contribution >= 0.6 is 0 Å². The van der Waals surface area contributed by atoms with Gasteiger partial charge >= 0.3 is 6.09 Å². The Hall–Kier alpha value is -2.48. The van der Waals surface area contributed by atoms with E-state index in [0.717, 1.165) is 49.5 Å². The Balaban J connectivity index is 1.48. The van der Waals surface area contributed by atoms with Gasteiger partial charge in [-0.3, -0.25) is 4.79 Å². The number of benzene rings is 1. The van der Waals surface area contributed by atoms with Gasteiger partial charge in [0.2, 0.25) is 5.91 Å². The van der Waals surface area contributed by atoms with E-state index in [9.17, 15) is 9.59 Å². The largest absolute Gasteiger partial charge is 0.497 e. The summed E-state index contributed by atoms with van der Waals surface area (Å²) in [6.07, 6.45) is 1.49. The molecule has 2 saturated heterocycles. The number of ether oxygens (including phenoxy) is 3. The van der Waals surface area contributed by atoms with Crippen molar-refractivity contribution in [3.63, 3.8) is 0 Å². The topological polar surface area (TPSA) is 72.8 Å². The second-order valence-electron chi connectivity index (χ2n) is 7.89. The number of methoxy groups -OCH3 is 2. The maximum Gasteiger partial charge on any atom is 0.409 e. The lowest BCUT2D eigenvalue weighted by Gasteiger charge is -2.37. The summed E-state index contributed by atoms with van der Waals surface area (Å²) >= 11 is 0. The van der Waals surface area contributed by atoms with Crippen molar-refractivity contribution >= 4 is 12.0 Å². The molecule has 0 spiro atoms. The number of hydrogen-bond donors (Lipinski definition) is 1. The smallest absolute Gasteiger partial charge is 0.409 e. The van der Waals surface area contributed by atoms with Crippen molar-refractivity contribution in [3.8, 4) is 11.5 Å². The molecule has 0 aliphatic carbocycles. The van der Waals surface area contributed by atoms with Crippen molar-refractivity contribution in [2.75, 3.05) is 60.1 Å². The van der Waals surface area contributed by atoms with Crippen LogP contribution in [-0.4, -0.2) is 81.9 Å². The average Bonchev–Trinajstić information content (AvgIpc) is 2.79. The summed E-state index contributed by atoms with van der Waals surface area (Å²) in [5.41, 5.74) is 1.13. The number of piperazine rings is 1. The molecule has 1 aromatic rings. The van der Waals surface area contributed by atoms with Crippen molar-refractivity contribution in [2.24, 2.45) is 5.92 Å². The van der Waals surface area contributed by atoms with Crippen molar-refractivity contribution in [2.45, 2.75) is 26.3 Å². The Labute approximate surface area is 178 Å². The fourth-order valence-corrected chi connectivity index (χ4v) is 4.32. The van der Waals surface area contributed by atoms with E-state index >= 15 is 0 Å². The number of amides is 2. The second kappa shape index (κ2) is 10.5. The van der Waals surface area contributed by atoms with Gasteiger partial charge in [-0.2, -0.15) is 0 Å². The molecular weight excluding hydrogens is 386 g/mol. The normalized spacial score (nSPS) is 21.8. The average molecular weight is 421 g/mol. The zero-order valence-corrected chi connectivity index (χ0v) is 18.3. The highest BCUT2D eigenvalue weighted by Gasteiger charge is 2.33. The standard InChI is InChI=1S/C22H33N3O5/c1-4-30-22(27)25-13-11-24(12-14-25)21(26)17-7-9-23(10-8-17)16-18-15-19(28-2)5-6-20(18)29-3/h5-6,15,17H,4,7-14,16H2,1-3H3/p+1. The van der Waals surface area contributed by atoms with Crippen LogP contribution in [0.5, 0.6) is 11.5 Å². The highest BCUT2D eigenvalue weighted by atomic mass is 16.6. The molecule has 0 radical (unpaired) electrons. The zero-order chi connectivity index (χ0) is 21.5. The van der Waals surface area contributed by atoms with Gasteiger partial charge in [0.25, 0.3) is 0 Å². The van der Waals surface area contributed by atoms with Crippen LogP contribution in [0.25, 0.3) is 0 Å². The van der Waals surface area contributed by atoms with Gasteiger partial charge in [0.15, 0.2) is 0 Å². The quantitative estimate of drug-likeness (QED) is 0.737. The number of nitrogens with one attached hydrogen (secondary N) is 1. The third-order valence-corrected chi connectivity index (χ3v) is 6.09. The van der Waals surface area contributed by atoms with Crippen molar-refractivity contribution < 1.29 is 28.7 Å². The Morgan fingerprint density at radius 3 is 2.30 bits per heavy atom. The van der Waals surface area contributed by atoms with Gasteiger partial charge in [-0.1, -0.05) is 0 Å². The van der Waals surface area contributed by atoms with Crippen LogP contribution in [0.2, 0.25) is 0 Å². The maximum absolute atomic E-state index is 12.9. The predicted octanol–water partition coefficient (Wildman–Crippen LogP) is 0.799. The number of nitrogens with zero attached hydrogens (tertiary/aromatic N) is 2. The van der Waals surface area contributed by atoms with Crippen LogP contribution in [0, 0.1) is 5.92 Å². The van der Waals surface area contributed by atoms with E-state index in [4.69, 9.17) is 14.2 Å². The maximum atomic E-state index is 12.9. The van der Waals surface area contributed by atoms with Crippen LogP contribution in [0.3, 0.4) is 0 Å². The van der Waals surface area contributed by atoms with Crippen molar-refractivity contribution in [1.29, 1.82) is 0 Å². The van der Waals surface area contributed by atoms with Gasteiger partial charge in [-0.15, -0.1) is 0 Å². The number of quaternary nitrogens is 1. The lowest BCUT2D eigenvalue weighted by atomic mass is 9.94. The predicted molar refractivity (Wildman–Crippen MR) is 112 cm³/mol. The summed E-state index contributed by atoms with van der Waals surface area (Å²) < 4.78 is 15.9. The first-order chi connectivity index (χ1) is 14.5. The summed E-state index contributed by atoms with van der Waals surface area (Å²) in [6.45, 7) is 7.22. The first-order valence-corrected chi connectivity index (χ1v) is 10.8. The SMILES string of the molecule is CCOC(=O)N1CCN(C(=O)C2CC[NH+](Cc3cc(OC)ccc3OC)CC2)CC1. The van der Waals surface area contributed by atoms with Crippen molar-refractivity contribution in [3.05, 3.63) is 23.8 Å². The van der Waals surface area contributed by atoms with Crippen molar-refractivity contribution in [1.82, 2.24) is 9.80 Å². The molecule has 3 rings (SSSR count). The third kappa shape index (κ3) is 5.36. The number of carbonyl (C=O) groups is 2. The van der Waals surface area contributed by atoms with E-state index in [-0.39, 0.29) is 17.9 Å². The van der Waals surface area contributed by atoms with Gasteiger partial charge in [-0.05, 0) is 25.1 Å². The third-order valence-electron chi connectivity index (χ3n) is 6.09. The second-order valence-corrected chi connectivity index (χ2v) is 7.89. The minimum Gasteiger partial charge on any atom is -0.497 e. The fourth-order valence-electron chi connectivity index (χ4n) is 4.32. The number of likely N-dealkylation sites (tertiary alicyclic amines) is 1. The van der Waals surface area contributed by atoms with E-state index in [2.05, 4.69) is 0 Å². The molecule has 8 heteroatoms. The van der Waals surface area contributed by atoms with Crippen LogP contribution < -0.4 is 14.4 Å². The molecule has 0 atom stereocenters. The fraction of sp³-hybridized carbons (Fsp3) is 0.636. The zero-order valence-electron chi connectivity index (χ0n) is 18.3. The van der Waals surface area contributed by atoms with E-state index in [1.54, 1.807) is 26.0 Å². The van der Waals surface area contributed by atoms with Gasteiger partial charge in [0.1, 0.15) is 18.0 Å². The lowest BCUT2D eigenvalue weighted by molar-refractivity contribution is -0.919. The summed E-state index contributed by atoms with van der Waals surface area (Å²) in [6, 6.07) is 5.89. The highest BCUT2D eigenvalue weighted by molar-refractivity contribution is 5.79. The molecule has 0 aromatic heterocycles. The van der Waals surface area contributed by atoms with E-state index in [0.29, 0.717) is 32.8 Å². The molecule has 0 bridgehead atoms. The Morgan fingerprint density at radius 1 is 1.03 bits per heavy atom. The van der Waals surface area contributed by atoms with Gasteiger partial charge in [-0.25, -0.2) is 4.79 Å². The molecule has 2 amide bonds. The first kappa shape index (κ1) is 22.2. The monoisotopic (exact) mass is 420 g/mol. The lowest BCUT2D eigenvalue weighted by Crippen LogP contribution is -3.11. The van der Waals surface area contributed by atoms with Gasteiger partial charge in [0, 0.05) is 44.9 Å². The molecule has 2 aliphatic rings. The summed E-state index contributed by atoms with van der Waals surface area (Å²) in [7, 11) is 3.36. The minimum atomic E-state index is -0.283. The number of piperidine rings is 1. The molecular formula is C22H34N3O5+. The molecule has 30 heavy (non-hydrogen) atoms. The molecule has 1 aromatic carbocycles. The summed E-state index contributed by atoms with van der Waals surface area (Å²) in [4.78, 5) is 29.8. The van der Waals surface area contributed by atoms with Crippen LogP contribution in [-0.2, 0) is 16.1 Å². The molecule has 2 heterocycles. The Morgan fingerprint density at radius 2 is 1.70 bits per heavy atom. The molecule has 0 unspecified atom stereocenters. The van der Waals surface area contributed by atoms with Crippen LogP contribution in [0.4, 0.5) is 4.79 Å². The minimum absolute atomic E-state index is 0.0788. The summed E-state index contributed by atoms with van der Waals surface area (Å²) in [5, 5.41) is 0. The van der Waals surface area contributed by atoms with Crippen LogP contribution in [0.15, 0.2) is 18.2 Å². The Kier molecular flexibility index (Phi) is 7.79. The van der Waals surface area contributed by atoms with E-state index < -0.39 is 0 Å². The highest BCUT2D eigenvalue weighted by Crippen LogP contribution is 2.23. The first-order valence-electron chi connectivity index (χ1n) is 10.8. The molecule has 166 valence electrons. The van der Waals surface area contributed by atoms with Gasteiger partial charge < -0.3 is 28.9 Å². The molecule has 0 saturated carbocycles.